The first kappa shape index (κ1) is 19.5. The van der Waals surface area contributed by atoms with Gasteiger partial charge in [-0.2, -0.15) is 0 Å². The molecule has 1 N–H and O–H groups in total. The first-order valence-corrected chi connectivity index (χ1v) is 10.4. The van der Waals surface area contributed by atoms with Gasteiger partial charge in [-0.25, -0.2) is 0 Å². The second-order valence-corrected chi connectivity index (χ2v) is 8.36. The van der Waals surface area contributed by atoms with Crippen LogP contribution in [0.2, 0.25) is 0 Å². The van der Waals surface area contributed by atoms with Crippen molar-refractivity contribution in [2.45, 2.75) is 4.34 Å². The Morgan fingerprint density at radius 2 is 1.81 bits per heavy atom. The summed E-state index contributed by atoms with van der Waals surface area (Å²) in [7, 11) is 0. The van der Waals surface area contributed by atoms with Crippen molar-refractivity contribution in [3.8, 4) is 5.75 Å². The smallest absolute Gasteiger partial charge is 0.264 e. The van der Waals surface area contributed by atoms with Crippen LogP contribution in [0.15, 0.2) is 63.4 Å². The van der Waals surface area contributed by atoms with E-state index in [-0.39, 0.29) is 24.1 Å². The molecule has 1 heterocycles. The second-order valence-electron chi connectivity index (χ2n) is 5.24. The van der Waals surface area contributed by atoms with E-state index in [0.717, 1.165) is 4.47 Å². The molecule has 0 saturated carbocycles. The Balaban J connectivity index is 1.45. The van der Waals surface area contributed by atoms with Gasteiger partial charge in [-0.05, 0) is 24.3 Å². The van der Waals surface area contributed by atoms with Gasteiger partial charge < -0.3 is 4.74 Å². The maximum atomic E-state index is 12.1. The number of ketones is 1. The number of nitrogens with one attached hydrogen (secondary N) is 1. The molecule has 1 aromatic heterocycles. The molecular weight excluding hydrogens is 450 g/mol. The predicted molar refractivity (Wildman–Crippen MR) is 110 cm³/mol. The molecule has 2 aromatic carbocycles. The van der Waals surface area contributed by atoms with Crippen molar-refractivity contribution in [2.24, 2.45) is 0 Å². The highest BCUT2D eigenvalue weighted by atomic mass is 79.9. The maximum Gasteiger partial charge on any atom is 0.264 e. The van der Waals surface area contributed by atoms with Crippen LogP contribution in [0.4, 0.5) is 5.13 Å². The van der Waals surface area contributed by atoms with Gasteiger partial charge in [-0.15, -0.1) is 10.2 Å². The van der Waals surface area contributed by atoms with Crippen molar-refractivity contribution in [2.75, 3.05) is 17.7 Å². The van der Waals surface area contributed by atoms with Gasteiger partial charge in [0.15, 0.2) is 16.7 Å². The third-order valence-corrected chi connectivity index (χ3v) is 5.76. The average Bonchev–Trinajstić information content (AvgIpc) is 3.13. The highest BCUT2D eigenvalue weighted by Crippen LogP contribution is 2.26. The van der Waals surface area contributed by atoms with Crippen LogP contribution in [0.3, 0.4) is 0 Å². The van der Waals surface area contributed by atoms with Gasteiger partial charge in [0.05, 0.1) is 5.75 Å². The van der Waals surface area contributed by atoms with Crippen LogP contribution in [-0.4, -0.2) is 34.2 Å². The fraction of sp³-hybridized carbons (Fsp3) is 0.111. The lowest BCUT2D eigenvalue weighted by Crippen LogP contribution is -2.20. The molecule has 0 spiro atoms. The quantitative estimate of drug-likeness (QED) is 0.304. The third kappa shape index (κ3) is 6.16. The fourth-order valence-electron chi connectivity index (χ4n) is 1.99. The van der Waals surface area contributed by atoms with Gasteiger partial charge in [-0.1, -0.05) is 69.4 Å². The molecule has 1 amide bonds. The van der Waals surface area contributed by atoms with Gasteiger partial charge in [0, 0.05) is 10.0 Å². The fourth-order valence-corrected chi connectivity index (χ4v) is 3.92. The maximum absolute atomic E-state index is 12.1. The number of carbonyl (C=O) groups excluding carboxylic acids is 2. The van der Waals surface area contributed by atoms with Crippen LogP contribution in [0.1, 0.15) is 10.4 Å². The number of aromatic nitrogens is 2. The summed E-state index contributed by atoms with van der Waals surface area (Å²) in [5.74, 6) is 0.552. The van der Waals surface area contributed by atoms with E-state index in [1.165, 1.54) is 23.1 Å². The third-order valence-electron chi connectivity index (χ3n) is 3.26. The summed E-state index contributed by atoms with van der Waals surface area (Å²) in [5.41, 5.74) is 0.660. The largest absolute Gasteiger partial charge is 0.484 e. The Morgan fingerprint density at radius 3 is 2.56 bits per heavy atom. The number of ether oxygens (including phenoxy) is 1. The Morgan fingerprint density at radius 1 is 1.07 bits per heavy atom. The number of halogens is 1. The minimum Gasteiger partial charge on any atom is -0.484 e. The monoisotopic (exact) mass is 463 g/mol. The SMILES string of the molecule is O=C(COc1ccc(Br)cc1)Nc1nnc(SCC(=O)c2ccccc2)s1. The summed E-state index contributed by atoms with van der Waals surface area (Å²) in [6.45, 7) is -0.129. The zero-order chi connectivity index (χ0) is 19.1. The van der Waals surface area contributed by atoms with Crippen molar-refractivity contribution < 1.29 is 14.3 Å². The molecule has 9 heteroatoms. The summed E-state index contributed by atoms with van der Waals surface area (Å²) >= 11 is 5.84. The highest BCUT2D eigenvalue weighted by Gasteiger charge is 2.12. The summed E-state index contributed by atoms with van der Waals surface area (Å²) in [4.78, 5) is 24.0. The Labute approximate surface area is 172 Å². The van der Waals surface area contributed by atoms with Gasteiger partial charge in [0.2, 0.25) is 5.13 Å². The molecule has 0 aliphatic rings. The minimum absolute atomic E-state index is 0.0179. The number of hydrogen-bond donors (Lipinski definition) is 1. The Kier molecular flexibility index (Phi) is 6.97. The van der Waals surface area contributed by atoms with Crippen molar-refractivity contribution in [3.05, 3.63) is 64.6 Å². The normalized spacial score (nSPS) is 10.4. The molecule has 0 aliphatic carbocycles. The standard InChI is InChI=1S/C18H14BrN3O3S2/c19-13-6-8-14(9-7-13)25-10-16(24)20-17-21-22-18(27-17)26-11-15(23)12-4-2-1-3-5-12/h1-9H,10-11H2,(H,20,21,24). The molecule has 3 rings (SSSR count). The van der Waals surface area contributed by atoms with E-state index >= 15 is 0 Å². The zero-order valence-electron chi connectivity index (χ0n) is 13.9. The van der Waals surface area contributed by atoms with Crippen LogP contribution in [-0.2, 0) is 4.79 Å². The summed E-state index contributed by atoms with van der Waals surface area (Å²) in [6, 6.07) is 16.3. The predicted octanol–water partition coefficient (Wildman–Crippen LogP) is 4.29. The van der Waals surface area contributed by atoms with Gasteiger partial charge >= 0.3 is 0 Å². The van der Waals surface area contributed by atoms with Crippen LogP contribution in [0, 0.1) is 0 Å². The number of anilines is 1. The summed E-state index contributed by atoms with van der Waals surface area (Å²) < 4.78 is 6.95. The van der Waals surface area contributed by atoms with Crippen LogP contribution >= 0.6 is 39.0 Å². The Hall–Kier alpha value is -2.23. The zero-order valence-corrected chi connectivity index (χ0v) is 17.1. The summed E-state index contributed by atoms with van der Waals surface area (Å²) in [5, 5.41) is 10.9. The summed E-state index contributed by atoms with van der Waals surface area (Å²) in [6.07, 6.45) is 0. The lowest BCUT2D eigenvalue weighted by molar-refractivity contribution is -0.118. The van der Waals surface area contributed by atoms with E-state index in [1.807, 2.05) is 30.3 Å². The molecule has 6 nitrogen and oxygen atoms in total. The molecule has 0 saturated heterocycles. The number of amides is 1. The minimum atomic E-state index is -0.328. The first-order chi connectivity index (χ1) is 13.1. The molecule has 0 aliphatic heterocycles. The van der Waals surface area contributed by atoms with Crippen molar-refractivity contribution in [1.29, 1.82) is 0 Å². The van der Waals surface area contributed by atoms with Crippen molar-refractivity contribution >= 4 is 55.9 Å². The highest BCUT2D eigenvalue weighted by molar-refractivity contribution is 9.10. The number of Topliss-reactive ketones (excluding diaryl/α,β-unsaturated/α-hetero) is 1. The van der Waals surface area contributed by atoms with Crippen molar-refractivity contribution in [3.63, 3.8) is 0 Å². The van der Waals surface area contributed by atoms with E-state index < -0.39 is 0 Å². The molecule has 27 heavy (non-hydrogen) atoms. The van der Waals surface area contributed by atoms with Gasteiger partial charge in [0.25, 0.3) is 5.91 Å². The van der Waals surface area contributed by atoms with Gasteiger partial charge in [0.1, 0.15) is 5.75 Å². The average molecular weight is 464 g/mol. The van der Waals surface area contributed by atoms with Crippen molar-refractivity contribution in [1.82, 2.24) is 10.2 Å². The van der Waals surface area contributed by atoms with E-state index in [9.17, 15) is 9.59 Å². The number of thioether (sulfide) groups is 1. The van der Waals surface area contributed by atoms with E-state index in [2.05, 4.69) is 31.4 Å². The van der Waals surface area contributed by atoms with Crippen LogP contribution < -0.4 is 10.1 Å². The lowest BCUT2D eigenvalue weighted by atomic mass is 10.2. The Bertz CT molecular complexity index is 917. The van der Waals surface area contributed by atoms with E-state index in [0.29, 0.717) is 20.8 Å². The molecule has 138 valence electrons. The number of carbonyl (C=O) groups is 2. The molecule has 0 atom stereocenters. The van der Waals surface area contributed by atoms with Gasteiger partial charge in [-0.3, -0.25) is 14.9 Å². The number of rotatable bonds is 8. The van der Waals surface area contributed by atoms with Crippen LogP contribution in [0.5, 0.6) is 5.75 Å². The number of benzene rings is 2. The molecule has 0 bridgehead atoms. The molecule has 3 aromatic rings. The number of nitrogens with zero attached hydrogens (tertiary/aromatic N) is 2. The first-order valence-electron chi connectivity index (χ1n) is 7.83. The van der Waals surface area contributed by atoms with E-state index in [1.54, 1.807) is 24.3 Å². The molecule has 0 radical (unpaired) electrons. The molecular formula is C18H14BrN3O3S2. The molecule has 0 unspecified atom stereocenters. The topological polar surface area (TPSA) is 81.2 Å². The van der Waals surface area contributed by atoms with Crippen LogP contribution in [0.25, 0.3) is 0 Å². The number of hydrogen-bond acceptors (Lipinski definition) is 7. The lowest BCUT2D eigenvalue weighted by Gasteiger charge is -2.05. The van der Waals surface area contributed by atoms with E-state index in [4.69, 9.17) is 4.74 Å². The molecule has 0 fully saturated rings. The second kappa shape index (κ2) is 9.63.